The van der Waals surface area contributed by atoms with Gasteiger partial charge in [-0.25, -0.2) is 0 Å². The van der Waals surface area contributed by atoms with E-state index in [1.807, 2.05) is 12.1 Å². The molecule has 0 fully saturated rings. The van der Waals surface area contributed by atoms with Crippen molar-refractivity contribution < 1.29 is 0 Å². The first-order valence-electron chi connectivity index (χ1n) is 11.2. The van der Waals surface area contributed by atoms with Gasteiger partial charge in [0.1, 0.15) is 0 Å². The summed E-state index contributed by atoms with van der Waals surface area (Å²) in [7, 11) is 0. The fraction of sp³-hybridized carbons (Fsp3) is 0.0323. The molecule has 0 saturated heterocycles. The molecule has 33 heavy (non-hydrogen) atoms. The van der Waals surface area contributed by atoms with Crippen molar-refractivity contribution in [2.75, 3.05) is 11.5 Å². The standard InChI is InChI=1S/C25H16.C6H8N2/c1-3-9-19-17(7-1)15-23-21(19)11-5-13-25(23)14-6-12-22-20-10-4-2-8-18(20)16-24(22)25;7-5-3-1-2-4-6(5)8/h1-16H;1-4H,7-8H2. The summed E-state index contributed by atoms with van der Waals surface area (Å²) in [6.07, 6.45) is 18.4. The third-order valence-corrected chi connectivity index (χ3v) is 6.81. The highest BCUT2D eigenvalue weighted by Gasteiger charge is 2.43. The van der Waals surface area contributed by atoms with Crippen LogP contribution in [-0.2, 0) is 0 Å². The van der Waals surface area contributed by atoms with Crippen LogP contribution in [0.25, 0.3) is 23.3 Å². The third kappa shape index (κ3) is 2.95. The van der Waals surface area contributed by atoms with Crippen LogP contribution in [-0.4, -0.2) is 0 Å². The van der Waals surface area contributed by atoms with Crippen LogP contribution in [0.5, 0.6) is 0 Å². The predicted octanol–water partition coefficient (Wildman–Crippen LogP) is 6.92. The molecule has 158 valence electrons. The number of para-hydroxylation sites is 2. The smallest absolute Gasteiger partial charge is 0.0581 e. The molecule has 3 aromatic rings. The molecule has 0 atom stereocenters. The molecule has 0 heterocycles. The topological polar surface area (TPSA) is 52.0 Å². The van der Waals surface area contributed by atoms with Crippen molar-refractivity contribution in [1.29, 1.82) is 0 Å². The maximum atomic E-state index is 5.39. The van der Waals surface area contributed by atoms with E-state index in [0.717, 1.165) is 0 Å². The van der Waals surface area contributed by atoms with E-state index in [9.17, 15) is 0 Å². The average Bonchev–Trinajstić information content (AvgIpc) is 3.42. The van der Waals surface area contributed by atoms with Crippen molar-refractivity contribution in [3.05, 3.63) is 143 Å². The van der Waals surface area contributed by atoms with Crippen LogP contribution in [0.3, 0.4) is 0 Å². The van der Waals surface area contributed by atoms with Crippen molar-refractivity contribution in [3.63, 3.8) is 0 Å². The SMILES string of the molecule is C1=CC2(C=CC=C3C2=Cc2ccccc23)C2=Cc3ccccc3C2=C1.Nc1ccccc1N. The van der Waals surface area contributed by atoms with Crippen molar-refractivity contribution in [3.8, 4) is 0 Å². The van der Waals surface area contributed by atoms with E-state index in [4.69, 9.17) is 11.5 Å². The number of nitrogens with two attached hydrogens (primary N) is 2. The third-order valence-electron chi connectivity index (χ3n) is 6.81. The van der Waals surface area contributed by atoms with E-state index in [1.54, 1.807) is 12.1 Å². The second-order valence-electron chi connectivity index (χ2n) is 8.67. The van der Waals surface area contributed by atoms with Crippen LogP contribution in [0.15, 0.2) is 120 Å². The number of allylic oxidation sites excluding steroid dienone is 10. The number of hydrogen-bond acceptors (Lipinski definition) is 2. The lowest BCUT2D eigenvalue weighted by Gasteiger charge is -2.36. The van der Waals surface area contributed by atoms with E-state index >= 15 is 0 Å². The van der Waals surface area contributed by atoms with Crippen molar-refractivity contribution in [2.45, 2.75) is 0 Å². The average molecular weight is 425 g/mol. The minimum absolute atomic E-state index is 0.161. The van der Waals surface area contributed by atoms with Gasteiger partial charge in [-0.3, -0.25) is 0 Å². The molecular weight excluding hydrogens is 400 g/mol. The molecule has 0 amide bonds. The quantitative estimate of drug-likeness (QED) is 0.385. The molecule has 3 aromatic carbocycles. The highest BCUT2D eigenvalue weighted by Crippen LogP contribution is 2.58. The first-order chi connectivity index (χ1) is 16.2. The lowest BCUT2D eigenvalue weighted by atomic mass is 9.65. The molecule has 0 unspecified atom stereocenters. The summed E-state index contributed by atoms with van der Waals surface area (Å²) in [6.45, 7) is 0. The van der Waals surface area contributed by atoms with Gasteiger partial charge in [0.15, 0.2) is 0 Å². The van der Waals surface area contributed by atoms with E-state index in [0.29, 0.717) is 11.4 Å². The van der Waals surface area contributed by atoms with E-state index in [-0.39, 0.29) is 5.41 Å². The van der Waals surface area contributed by atoms with Crippen LogP contribution < -0.4 is 11.5 Å². The molecule has 2 heteroatoms. The summed E-state index contributed by atoms with van der Waals surface area (Å²) < 4.78 is 0. The van der Waals surface area contributed by atoms with Crippen LogP contribution >= 0.6 is 0 Å². The van der Waals surface area contributed by atoms with Gasteiger partial charge in [-0.05, 0) is 68.8 Å². The normalized spacial score (nSPS) is 17.5. The summed E-state index contributed by atoms with van der Waals surface area (Å²) in [5.74, 6) is 0. The number of anilines is 2. The molecule has 7 rings (SSSR count). The van der Waals surface area contributed by atoms with Crippen molar-refractivity contribution >= 4 is 34.7 Å². The Morgan fingerprint density at radius 3 is 1.39 bits per heavy atom. The second kappa shape index (κ2) is 7.39. The lowest BCUT2D eigenvalue weighted by molar-refractivity contribution is 0.754. The van der Waals surface area contributed by atoms with E-state index < -0.39 is 0 Å². The maximum absolute atomic E-state index is 5.39. The van der Waals surface area contributed by atoms with Gasteiger partial charge in [0.25, 0.3) is 0 Å². The monoisotopic (exact) mass is 424 g/mol. The second-order valence-corrected chi connectivity index (χ2v) is 8.67. The molecule has 4 aliphatic rings. The number of benzene rings is 3. The Hall–Kier alpha value is -4.30. The first-order valence-corrected chi connectivity index (χ1v) is 11.2. The Morgan fingerprint density at radius 1 is 0.515 bits per heavy atom. The van der Waals surface area contributed by atoms with Crippen LogP contribution in [0.2, 0.25) is 0 Å². The number of rotatable bonds is 0. The molecule has 0 saturated carbocycles. The van der Waals surface area contributed by atoms with Gasteiger partial charge in [-0.2, -0.15) is 0 Å². The summed E-state index contributed by atoms with van der Waals surface area (Å²) >= 11 is 0. The molecule has 0 radical (unpaired) electrons. The molecule has 1 spiro atoms. The number of nitrogen functional groups attached to an aromatic ring is 2. The van der Waals surface area contributed by atoms with E-state index in [2.05, 4.69) is 97.1 Å². The molecule has 0 bridgehead atoms. The van der Waals surface area contributed by atoms with E-state index in [1.165, 1.54) is 44.5 Å². The van der Waals surface area contributed by atoms with Gasteiger partial charge in [0.2, 0.25) is 0 Å². The minimum atomic E-state index is -0.161. The van der Waals surface area contributed by atoms with Gasteiger partial charge in [0.05, 0.1) is 16.8 Å². The largest absolute Gasteiger partial charge is 0.397 e. The first kappa shape index (κ1) is 19.4. The van der Waals surface area contributed by atoms with Gasteiger partial charge >= 0.3 is 0 Å². The minimum Gasteiger partial charge on any atom is -0.397 e. The van der Waals surface area contributed by atoms with Crippen LogP contribution in [0.1, 0.15) is 22.3 Å². The zero-order valence-corrected chi connectivity index (χ0v) is 18.2. The molecule has 0 aromatic heterocycles. The highest BCUT2D eigenvalue weighted by atomic mass is 14.7. The van der Waals surface area contributed by atoms with Crippen molar-refractivity contribution in [2.24, 2.45) is 5.41 Å². The fourth-order valence-corrected chi connectivity index (χ4v) is 5.20. The van der Waals surface area contributed by atoms with Gasteiger partial charge < -0.3 is 11.5 Å². The van der Waals surface area contributed by atoms with Crippen molar-refractivity contribution in [1.82, 2.24) is 0 Å². The number of fused-ring (bicyclic) bond motifs is 8. The van der Waals surface area contributed by atoms with Gasteiger partial charge in [-0.1, -0.05) is 97.1 Å². The van der Waals surface area contributed by atoms with Crippen LogP contribution in [0.4, 0.5) is 11.4 Å². The summed E-state index contributed by atoms with van der Waals surface area (Å²) in [4.78, 5) is 0. The Balaban J connectivity index is 0.000000221. The molecule has 2 nitrogen and oxygen atoms in total. The lowest BCUT2D eigenvalue weighted by Crippen LogP contribution is -2.24. The zero-order valence-electron chi connectivity index (χ0n) is 18.2. The van der Waals surface area contributed by atoms with Crippen LogP contribution in [0, 0.1) is 5.41 Å². The fourth-order valence-electron chi connectivity index (χ4n) is 5.20. The zero-order chi connectivity index (χ0) is 22.4. The molecule has 0 aliphatic heterocycles. The Morgan fingerprint density at radius 2 is 0.939 bits per heavy atom. The Bertz CT molecular complexity index is 1360. The molecule has 4 N–H and O–H groups in total. The summed E-state index contributed by atoms with van der Waals surface area (Å²) in [6, 6.07) is 24.7. The Kier molecular flexibility index (Phi) is 4.34. The highest BCUT2D eigenvalue weighted by molar-refractivity contribution is 6.05. The predicted molar refractivity (Wildman–Crippen MR) is 141 cm³/mol. The number of hydrogen-bond donors (Lipinski definition) is 2. The summed E-state index contributed by atoms with van der Waals surface area (Å²) in [5, 5.41) is 0. The van der Waals surface area contributed by atoms with Gasteiger partial charge in [-0.15, -0.1) is 0 Å². The maximum Gasteiger partial charge on any atom is 0.0581 e. The Labute approximate surface area is 194 Å². The molecular formula is C31H24N2. The van der Waals surface area contributed by atoms with Gasteiger partial charge in [0, 0.05) is 0 Å². The molecule has 4 aliphatic carbocycles. The summed E-state index contributed by atoms with van der Waals surface area (Å²) in [5.41, 5.74) is 22.8.